The van der Waals surface area contributed by atoms with E-state index in [-0.39, 0.29) is 25.0 Å². The van der Waals surface area contributed by atoms with Crippen molar-refractivity contribution < 1.29 is 24.2 Å². The van der Waals surface area contributed by atoms with Crippen LogP contribution in [0.2, 0.25) is 0 Å². The number of hydrogen-bond donors (Lipinski definition) is 2. The molecule has 0 bridgehead atoms. The molecule has 3 aliphatic rings. The minimum absolute atomic E-state index is 0.0991. The highest BCUT2D eigenvalue weighted by atomic mass is 16.5. The number of fused-ring (bicyclic) bond motifs is 3. The van der Waals surface area contributed by atoms with Gasteiger partial charge in [0.1, 0.15) is 18.2 Å². The highest BCUT2D eigenvalue weighted by Gasteiger charge is 2.51. The highest BCUT2D eigenvalue weighted by Crippen LogP contribution is 2.44. The average Bonchev–Trinajstić information content (AvgIpc) is 3.69. The van der Waals surface area contributed by atoms with Crippen LogP contribution in [-0.2, 0) is 20.9 Å². The number of nitrogens with one attached hydrogen (secondary N) is 1. The van der Waals surface area contributed by atoms with Crippen molar-refractivity contribution in [2.45, 2.75) is 43.3 Å². The van der Waals surface area contributed by atoms with Crippen LogP contribution in [-0.4, -0.2) is 70.7 Å². The van der Waals surface area contributed by atoms with Gasteiger partial charge in [-0.2, -0.15) is 0 Å². The van der Waals surface area contributed by atoms with Crippen molar-refractivity contribution in [3.05, 3.63) is 95.6 Å². The number of hydrogen-bond acceptors (Lipinski definition) is 5. The van der Waals surface area contributed by atoms with E-state index >= 15 is 0 Å². The molecule has 2 atom stereocenters. The first kappa shape index (κ1) is 26.1. The van der Waals surface area contributed by atoms with Crippen molar-refractivity contribution in [2.75, 3.05) is 26.2 Å². The van der Waals surface area contributed by atoms with Gasteiger partial charge in [0.25, 0.3) is 5.91 Å². The first-order valence-corrected chi connectivity index (χ1v) is 13.9. The second-order valence-electron chi connectivity index (χ2n) is 11.0. The predicted molar refractivity (Wildman–Crippen MR) is 150 cm³/mol. The first-order chi connectivity index (χ1) is 19.4. The number of carbonyl (C=O) groups is 3. The molecule has 2 heterocycles. The van der Waals surface area contributed by atoms with E-state index in [9.17, 15) is 19.5 Å². The Kier molecular flexibility index (Phi) is 7.02. The van der Waals surface area contributed by atoms with E-state index < -0.39 is 23.6 Å². The first-order valence-electron chi connectivity index (χ1n) is 13.9. The van der Waals surface area contributed by atoms with E-state index in [1.807, 2.05) is 54.6 Å². The number of carbonyl (C=O) groups excluding carboxylic acids is 2. The van der Waals surface area contributed by atoms with Gasteiger partial charge in [-0.1, -0.05) is 78.9 Å². The number of likely N-dealkylation sites (tertiary alicyclic amines) is 2. The third kappa shape index (κ3) is 4.84. The summed E-state index contributed by atoms with van der Waals surface area (Å²) in [5.41, 5.74) is 4.35. The van der Waals surface area contributed by atoms with Gasteiger partial charge in [-0.05, 0) is 47.1 Å². The van der Waals surface area contributed by atoms with Crippen molar-refractivity contribution in [2.24, 2.45) is 0 Å². The lowest BCUT2D eigenvalue weighted by Gasteiger charge is -2.35. The van der Waals surface area contributed by atoms with Crippen molar-refractivity contribution in [3.8, 4) is 11.1 Å². The molecule has 0 saturated carbocycles. The predicted octanol–water partition coefficient (Wildman–Crippen LogP) is 4.25. The van der Waals surface area contributed by atoms with Crippen LogP contribution in [0.15, 0.2) is 78.9 Å². The summed E-state index contributed by atoms with van der Waals surface area (Å²) in [6, 6.07) is 25.3. The lowest BCUT2D eigenvalue weighted by Crippen LogP contribution is -2.62. The largest absolute Gasteiger partial charge is 0.480 e. The van der Waals surface area contributed by atoms with Crippen LogP contribution in [0.3, 0.4) is 0 Å². The number of rotatable bonds is 7. The third-order valence-corrected chi connectivity index (χ3v) is 8.49. The molecule has 0 radical (unpaired) electrons. The summed E-state index contributed by atoms with van der Waals surface area (Å²) in [7, 11) is 0. The molecule has 40 heavy (non-hydrogen) atoms. The maximum absolute atomic E-state index is 14.0. The SMILES string of the molecule is O=C(NC1(C(=O)N2CCC[C@@H]2C(=O)O)CCN(Cc2ccccc2)C1)OCC1c2ccccc2-c2ccccc21. The average molecular weight is 540 g/mol. The van der Waals surface area contributed by atoms with Crippen LogP contribution in [0, 0.1) is 0 Å². The number of aliphatic carboxylic acids is 1. The monoisotopic (exact) mass is 539 g/mol. The summed E-state index contributed by atoms with van der Waals surface area (Å²) < 4.78 is 5.81. The normalized spacial score (nSPS) is 22.1. The van der Waals surface area contributed by atoms with E-state index in [1.54, 1.807) is 0 Å². The van der Waals surface area contributed by atoms with E-state index in [1.165, 1.54) is 4.90 Å². The third-order valence-electron chi connectivity index (χ3n) is 8.49. The van der Waals surface area contributed by atoms with Gasteiger partial charge in [0.2, 0.25) is 0 Å². The second kappa shape index (κ2) is 10.8. The van der Waals surface area contributed by atoms with Gasteiger partial charge in [0.15, 0.2) is 0 Å². The molecule has 3 aromatic carbocycles. The van der Waals surface area contributed by atoms with Crippen molar-refractivity contribution in [3.63, 3.8) is 0 Å². The fourth-order valence-electron chi connectivity index (χ4n) is 6.57. The summed E-state index contributed by atoms with van der Waals surface area (Å²) in [4.78, 5) is 42.8. The number of carboxylic acid groups (broad SMARTS) is 1. The molecule has 2 amide bonds. The molecule has 1 aliphatic carbocycles. The molecule has 3 aromatic rings. The molecular formula is C32H33N3O5. The molecule has 2 fully saturated rings. The minimum atomic E-state index is -1.25. The Hall–Kier alpha value is -4.17. The number of nitrogens with zero attached hydrogens (tertiary/aromatic N) is 2. The van der Waals surface area contributed by atoms with Crippen LogP contribution in [0.25, 0.3) is 11.1 Å². The van der Waals surface area contributed by atoms with Crippen LogP contribution in [0.5, 0.6) is 0 Å². The topological polar surface area (TPSA) is 99.2 Å². The van der Waals surface area contributed by atoms with Crippen LogP contribution >= 0.6 is 0 Å². The van der Waals surface area contributed by atoms with Gasteiger partial charge >= 0.3 is 12.1 Å². The Morgan fingerprint density at radius 1 is 0.900 bits per heavy atom. The Labute approximate surface area is 233 Å². The van der Waals surface area contributed by atoms with Crippen LogP contribution in [0.1, 0.15) is 41.9 Å². The Morgan fingerprint density at radius 3 is 2.23 bits per heavy atom. The molecule has 2 N–H and O–H groups in total. The molecule has 206 valence electrons. The fraction of sp³-hybridized carbons (Fsp3) is 0.344. The maximum atomic E-state index is 14.0. The molecule has 2 saturated heterocycles. The molecule has 0 spiro atoms. The molecule has 8 nitrogen and oxygen atoms in total. The summed E-state index contributed by atoms with van der Waals surface area (Å²) >= 11 is 0. The van der Waals surface area contributed by atoms with E-state index in [4.69, 9.17) is 4.74 Å². The smallest absolute Gasteiger partial charge is 0.408 e. The second-order valence-corrected chi connectivity index (χ2v) is 11.0. The Balaban J connectivity index is 1.20. The zero-order valence-corrected chi connectivity index (χ0v) is 22.3. The molecule has 2 aliphatic heterocycles. The molecule has 0 aromatic heterocycles. The number of ether oxygens (including phenoxy) is 1. The van der Waals surface area contributed by atoms with Crippen molar-refractivity contribution >= 4 is 18.0 Å². The van der Waals surface area contributed by atoms with E-state index in [2.05, 4.69) is 34.5 Å². The van der Waals surface area contributed by atoms with Gasteiger partial charge in [0.05, 0.1) is 0 Å². The fourth-order valence-corrected chi connectivity index (χ4v) is 6.57. The Morgan fingerprint density at radius 2 is 1.55 bits per heavy atom. The quantitative estimate of drug-likeness (QED) is 0.466. The van der Waals surface area contributed by atoms with Crippen LogP contribution < -0.4 is 5.32 Å². The summed E-state index contributed by atoms with van der Waals surface area (Å²) in [6.07, 6.45) is 0.752. The van der Waals surface area contributed by atoms with Gasteiger partial charge in [-0.25, -0.2) is 9.59 Å². The van der Waals surface area contributed by atoms with Gasteiger partial charge in [0, 0.05) is 32.1 Å². The lowest BCUT2D eigenvalue weighted by atomic mass is 9.96. The van der Waals surface area contributed by atoms with E-state index in [0.29, 0.717) is 38.9 Å². The zero-order chi connectivity index (χ0) is 27.7. The standard InChI is InChI=1S/C32H33N3O5/c36-29(37)28-15-8-17-35(28)30(38)32(16-18-34(21-32)19-22-9-2-1-3-10-22)33-31(39)40-20-27-25-13-6-4-11-23(25)24-12-5-7-14-26(24)27/h1-7,9-14,27-28H,8,15-21H2,(H,33,39)(H,36,37)/t28-,32?/m1/s1. The minimum Gasteiger partial charge on any atom is -0.480 e. The maximum Gasteiger partial charge on any atom is 0.408 e. The summed E-state index contributed by atoms with van der Waals surface area (Å²) in [5.74, 6) is -1.46. The van der Waals surface area contributed by atoms with Crippen LogP contribution in [0.4, 0.5) is 4.79 Å². The molecule has 6 rings (SSSR count). The molecule has 1 unspecified atom stereocenters. The highest BCUT2D eigenvalue weighted by molar-refractivity contribution is 5.94. The zero-order valence-electron chi connectivity index (χ0n) is 22.3. The molecule has 8 heteroatoms. The summed E-state index contributed by atoms with van der Waals surface area (Å²) in [6.45, 7) is 2.01. The number of alkyl carbamates (subject to hydrolysis) is 1. The van der Waals surface area contributed by atoms with Gasteiger partial charge in [-0.3, -0.25) is 9.69 Å². The van der Waals surface area contributed by atoms with Gasteiger partial charge < -0.3 is 20.1 Å². The number of amides is 2. The van der Waals surface area contributed by atoms with Crippen molar-refractivity contribution in [1.82, 2.24) is 15.1 Å². The molecular weight excluding hydrogens is 506 g/mol. The lowest BCUT2D eigenvalue weighted by molar-refractivity contribution is -0.150. The Bertz CT molecular complexity index is 1380. The van der Waals surface area contributed by atoms with Crippen molar-refractivity contribution in [1.29, 1.82) is 0 Å². The van der Waals surface area contributed by atoms with E-state index in [0.717, 1.165) is 27.8 Å². The number of carboxylic acids is 1. The van der Waals surface area contributed by atoms with Gasteiger partial charge in [-0.15, -0.1) is 0 Å². The summed E-state index contributed by atoms with van der Waals surface area (Å²) in [5, 5.41) is 12.7. The number of benzene rings is 3.